The lowest BCUT2D eigenvalue weighted by atomic mass is 9.70. The van der Waals surface area contributed by atoms with Crippen molar-refractivity contribution in [2.24, 2.45) is 11.8 Å². The number of hydrogen-bond donors (Lipinski definition) is 2. The molecule has 10 nitrogen and oxygen atoms in total. The number of aliphatic hydroxyl groups excluding tert-OH is 1. The van der Waals surface area contributed by atoms with E-state index in [-0.39, 0.29) is 48.7 Å². The van der Waals surface area contributed by atoms with E-state index in [0.29, 0.717) is 44.2 Å². The van der Waals surface area contributed by atoms with Crippen LogP contribution >= 0.6 is 15.9 Å². The highest BCUT2D eigenvalue weighted by atomic mass is 79.9. The second-order valence-corrected chi connectivity index (χ2v) is 14.6. The van der Waals surface area contributed by atoms with Crippen molar-refractivity contribution in [3.63, 3.8) is 0 Å². The Kier molecular flexibility index (Phi) is 12.7. The molecule has 0 radical (unpaired) electrons. The predicted octanol–water partition coefficient (Wildman–Crippen LogP) is 4.87. The van der Waals surface area contributed by atoms with Gasteiger partial charge in [-0.05, 0) is 50.2 Å². The first-order chi connectivity index (χ1) is 24.2. The topological polar surface area (TPSA) is 125 Å². The molecule has 2 N–H and O–H groups in total. The molecule has 0 aromatic heterocycles. The summed E-state index contributed by atoms with van der Waals surface area (Å²) in [5, 5.41) is 12.3. The number of likely N-dealkylation sites (tertiary alicyclic amines) is 1. The van der Waals surface area contributed by atoms with Crippen molar-refractivity contribution >= 4 is 39.6 Å². The second kappa shape index (κ2) is 16.9. The molecule has 2 aromatic carbocycles. The smallest absolute Gasteiger partial charge is 0.313 e. The van der Waals surface area contributed by atoms with Crippen molar-refractivity contribution in [3.05, 3.63) is 97.1 Å². The van der Waals surface area contributed by atoms with Crippen LogP contribution in [0.1, 0.15) is 62.7 Å². The number of unbranched alkanes of at least 4 members (excludes halogenated alkanes) is 2. The molecular formula is C39H48BrN3O7. The van der Waals surface area contributed by atoms with Crippen LogP contribution in [-0.4, -0.2) is 86.9 Å². The zero-order valence-corrected chi connectivity index (χ0v) is 30.2. The minimum Gasteiger partial charge on any atom is -0.455 e. The van der Waals surface area contributed by atoms with Gasteiger partial charge in [0.05, 0.1) is 24.0 Å². The lowest BCUT2D eigenvalue weighted by Gasteiger charge is -2.37. The summed E-state index contributed by atoms with van der Waals surface area (Å²) in [4.78, 5) is 59.3. The maximum absolute atomic E-state index is 14.7. The fourth-order valence-corrected chi connectivity index (χ4v) is 8.74. The number of aliphatic hydroxyl groups is 1. The number of amides is 3. The number of carbonyl (C=O) groups excluding carboxylic acids is 4. The minimum atomic E-state index is -1.25. The molecule has 3 fully saturated rings. The number of hydrogen-bond acceptors (Lipinski definition) is 7. The molecule has 0 aliphatic carbocycles. The van der Waals surface area contributed by atoms with Gasteiger partial charge in [0.2, 0.25) is 17.7 Å². The molecule has 268 valence electrons. The summed E-state index contributed by atoms with van der Waals surface area (Å²) >= 11 is 3.75. The Morgan fingerprint density at radius 1 is 1.10 bits per heavy atom. The highest BCUT2D eigenvalue weighted by Gasteiger charge is 2.77. The van der Waals surface area contributed by atoms with Gasteiger partial charge in [-0.1, -0.05) is 88.7 Å². The predicted molar refractivity (Wildman–Crippen MR) is 193 cm³/mol. The molecule has 0 saturated carbocycles. The van der Waals surface area contributed by atoms with Crippen LogP contribution in [0.15, 0.2) is 86.0 Å². The van der Waals surface area contributed by atoms with Gasteiger partial charge in [-0.2, -0.15) is 0 Å². The third kappa shape index (κ3) is 7.75. The number of alkyl halides is 1. The van der Waals surface area contributed by atoms with Gasteiger partial charge in [-0.15, -0.1) is 13.2 Å². The van der Waals surface area contributed by atoms with Gasteiger partial charge in [0.15, 0.2) is 0 Å². The van der Waals surface area contributed by atoms with Crippen LogP contribution in [0.4, 0.5) is 0 Å². The molecule has 3 aliphatic heterocycles. The molecule has 5 rings (SSSR count). The molecule has 2 bridgehead atoms. The number of nitrogens with one attached hydrogen (secondary N) is 1. The van der Waals surface area contributed by atoms with Gasteiger partial charge in [0.25, 0.3) is 0 Å². The molecule has 2 aromatic rings. The summed E-state index contributed by atoms with van der Waals surface area (Å²) < 4.78 is 13.0. The van der Waals surface area contributed by atoms with E-state index in [4.69, 9.17) is 9.47 Å². The third-order valence-corrected chi connectivity index (χ3v) is 10.9. The molecule has 50 heavy (non-hydrogen) atoms. The average molecular weight is 751 g/mol. The number of carbonyl (C=O) groups is 4. The van der Waals surface area contributed by atoms with E-state index in [1.807, 2.05) is 60.7 Å². The molecule has 3 heterocycles. The van der Waals surface area contributed by atoms with Crippen molar-refractivity contribution in [2.75, 3.05) is 19.7 Å². The number of rotatable bonds is 18. The molecule has 3 saturated heterocycles. The SMILES string of the molecule is C=CCCC(=O)N[C@H](C)[C@@H](OC(=O)[C@@H]1[C@H]2O[C@@]3(CC2Br)[C@H](C(=O)N(CC=C)Cc2ccccc2)N(CCCCCO)C(=O)[C@@H]13)c1ccccc1. The maximum atomic E-state index is 14.7. The number of allylic oxidation sites excluding steroid dienone is 1. The number of fused-ring (bicyclic) bond motifs is 1. The summed E-state index contributed by atoms with van der Waals surface area (Å²) in [6, 6.07) is 17.3. The van der Waals surface area contributed by atoms with E-state index in [1.54, 1.807) is 28.9 Å². The van der Waals surface area contributed by atoms with E-state index >= 15 is 0 Å². The quantitative estimate of drug-likeness (QED) is 0.0965. The highest BCUT2D eigenvalue weighted by molar-refractivity contribution is 9.09. The summed E-state index contributed by atoms with van der Waals surface area (Å²) in [6.07, 6.45) is 4.77. The van der Waals surface area contributed by atoms with E-state index in [9.17, 15) is 24.3 Å². The van der Waals surface area contributed by atoms with Crippen molar-refractivity contribution in [2.45, 2.75) is 86.7 Å². The van der Waals surface area contributed by atoms with Crippen molar-refractivity contribution < 1.29 is 33.8 Å². The van der Waals surface area contributed by atoms with E-state index in [1.165, 1.54) is 0 Å². The fraction of sp³-hybridized carbons (Fsp3) is 0.487. The van der Waals surface area contributed by atoms with Crippen LogP contribution in [0.2, 0.25) is 0 Å². The van der Waals surface area contributed by atoms with Crippen LogP contribution in [0, 0.1) is 11.8 Å². The molecule has 3 amide bonds. The van der Waals surface area contributed by atoms with E-state index < -0.39 is 47.7 Å². The van der Waals surface area contributed by atoms with Gasteiger partial charge in [0, 0.05) is 37.5 Å². The Labute approximate surface area is 303 Å². The molecular weight excluding hydrogens is 702 g/mol. The fourth-order valence-electron chi connectivity index (χ4n) is 7.79. The normalized spacial score (nSPS) is 26.2. The van der Waals surface area contributed by atoms with Gasteiger partial charge in [-0.25, -0.2) is 0 Å². The summed E-state index contributed by atoms with van der Waals surface area (Å²) in [7, 11) is 0. The Balaban J connectivity index is 1.47. The van der Waals surface area contributed by atoms with E-state index in [2.05, 4.69) is 34.4 Å². The number of esters is 1. The zero-order chi connectivity index (χ0) is 35.8. The third-order valence-electron chi connectivity index (χ3n) is 10.0. The van der Waals surface area contributed by atoms with Gasteiger partial charge < -0.3 is 29.7 Å². The first-order valence-electron chi connectivity index (χ1n) is 17.5. The summed E-state index contributed by atoms with van der Waals surface area (Å²) in [5.41, 5.74) is 0.379. The highest BCUT2D eigenvalue weighted by Crippen LogP contribution is 2.60. The molecule has 11 heteroatoms. The lowest BCUT2D eigenvalue weighted by Crippen LogP contribution is -2.56. The number of ether oxygens (including phenoxy) is 2. The van der Waals surface area contributed by atoms with E-state index in [0.717, 1.165) is 5.56 Å². The number of benzene rings is 2. The van der Waals surface area contributed by atoms with Crippen LogP contribution in [-0.2, 0) is 35.2 Å². The molecule has 3 aliphatic rings. The van der Waals surface area contributed by atoms with Gasteiger partial charge in [0.1, 0.15) is 17.7 Å². The second-order valence-electron chi connectivity index (χ2n) is 13.4. The van der Waals surface area contributed by atoms with Crippen LogP contribution < -0.4 is 5.32 Å². The number of halogens is 1. The van der Waals surface area contributed by atoms with Crippen molar-refractivity contribution in [3.8, 4) is 0 Å². The molecule has 1 unspecified atom stereocenters. The van der Waals surface area contributed by atoms with Crippen molar-refractivity contribution in [1.82, 2.24) is 15.1 Å². The summed E-state index contributed by atoms with van der Waals surface area (Å²) in [6.45, 7) is 10.3. The monoisotopic (exact) mass is 749 g/mol. The molecule has 8 atom stereocenters. The maximum Gasteiger partial charge on any atom is 0.313 e. The number of nitrogens with zero attached hydrogens (tertiary/aromatic N) is 2. The average Bonchev–Trinajstić information content (AvgIpc) is 3.71. The van der Waals surface area contributed by atoms with Crippen molar-refractivity contribution in [1.29, 1.82) is 0 Å². The standard InChI is InChI=1S/C39H48BrN3O7/c1-4-6-20-30(45)41-26(3)33(28-18-12-8-13-19-28)49-38(48)31-32-36(46)43(22-14-9-15-23-44)35(39(32)24-29(40)34(31)50-39)37(47)42(21-5-2)25-27-16-10-7-11-17-27/h4-5,7-8,10-13,16-19,26,29,31-35,44H,1-2,6,9,14-15,20-25H2,3H3,(H,41,45)/t26-,29?,31+,32-,33-,34+,35+,39-/m1/s1. The van der Waals surface area contributed by atoms with Gasteiger partial charge in [-0.3, -0.25) is 19.2 Å². The van der Waals surface area contributed by atoms with Gasteiger partial charge >= 0.3 is 5.97 Å². The zero-order valence-electron chi connectivity index (χ0n) is 28.6. The Hall–Kier alpha value is -3.80. The van der Waals surface area contributed by atoms with Crippen LogP contribution in [0.3, 0.4) is 0 Å². The largest absolute Gasteiger partial charge is 0.455 e. The Bertz CT molecular complexity index is 1520. The van der Waals surface area contributed by atoms with Crippen LogP contribution in [0.25, 0.3) is 0 Å². The minimum absolute atomic E-state index is 0.0345. The first-order valence-corrected chi connectivity index (χ1v) is 18.4. The lowest BCUT2D eigenvalue weighted by molar-refractivity contribution is -0.162. The molecule has 1 spiro atoms. The first kappa shape index (κ1) is 37.5. The Morgan fingerprint density at radius 3 is 2.46 bits per heavy atom. The van der Waals surface area contributed by atoms with Crippen LogP contribution in [0.5, 0.6) is 0 Å². The summed E-state index contributed by atoms with van der Waals surface area (Å²) in [5.74, 6) is -3.29. The Morgan fingerprint density at radius 2 is 1.80 bits per heavy atom.